The number of amides is 2. The first kappa shape index (κ1) is 24.3. The molecule has 0 aliphatic carbocycles. The van der Waals surface area contributed by atoms with E-state index in [1.807, 2.05) is 73.0 Å². The smallest absolute Gasteiger partial charge is 0.230 e. The zero-order valence-electron chi connectivity index (χ0n) is 19.1. The number of benzene rings is 2. The van der Waals surface area contributed by atoms with Crippen molar-refractivity contribution in [3.63, 3.8) is 0 Å². The summed E-state index contributed by atoms with van der Waals surface area (Å²) in [6.07, 6.45) is 0.269. The number of hydrogen-bond acceptors (Lipinski definition) is 6. The third kappa shape index (κ3) is 7.08. The molecule has 2 N–H and O–H groups in total. The Labute approximate surface area is 198 Å². The Morgan fingerprint density at radius 1 is 1.06 bits per heavy atom. The summed E-state index contributed by atoms with van der Waals surface area (Å²) in [5.74, 6) is 1.47. The first-order valence-electron chi connectivity index (χ1n) is 10.8. The summed E-state index contributed by atoms with van der Waals surface area (Å²) in [7, 11) is 1.61. The number of ether oxygens (including phenoxy) is 1. The summed E-state index contributed by atoms with van der Waals surface area (Å²) in [5, 5.41) is 15.0. The molecule has 0 unspecified atom stereocenters. The van der Waals surface area contributed by atoms with E-state index in [0.717, 1.165) is 16.9 Å². The maximum Gasteiger partial charge on any atom is 0.230 e. The lowest BCUT2D eigenvalue weighted by Crippen LogP contribution is -2.28. The minimum atomic E-state index is -0.102. The van der Waals surface area contributed by atoms with Gasteiger partial charge in [0.25, 0.3) is 0 Å². The van der Waals surface area contributed by atoms with Crippen LogP contribution >= 0.6 is 11.8 Å². The Morgan fingerprint density at radius 3 is 2.45 bits per heavy atom. The number of thioether (sulfide) groups is 1. The SMILES string of the molecule is CCn1c(CNC(=O)Cc2ccc(OC)cc2)nnc1SCC(=O)N[C@H](C)c1ccccc1. The molecule has 33 heavy (non-hydrogen) atoms. The van der Waals surface area contributed by atoms with Crippen LogP contribution in [0.3, 0.4) is 0 Å². The fourth-order valence-electron chi connectivity index (χ4n) is 3.28. The summed E-state index contributed by atoms with van der Waals surface area (Å²) >= 11 is 1.33. The molecular formula is C24H29N5O3S. The van der Waals surface area contributed by atoms with Crippen LogP contribution in [0, 0.1) is 0 Å². The molecule has 0 saturated heterocycles. The lowest BCUT2D eigenvalue weighted by molar-refractivity contribution is -0.121. The number of rotatable bonds is 11. The molecule has 0 saturated carbocycles. The Hall–Kier alpha value is -3.33. The van der Waals surface area contributed by atoms with Gasteiger partial charge in [0.2, 0.25) is 11.8 Å². The van der Waals surface area contributed by atoms with Crippen LogP contribution in [-0.4, -0.2) is 39.4 Å². The summed E-state index contributed by atoms with van der Waals surface area (Å²) in [5.41, 5.74) is 1.96. The van der Waals surface area contributed by atoms with Crippen molar-refractivity contribution >= 4 is 23.6 Å². The zero-order chi connectivity index (χ0) is 23.6. The van der Waals surface area contributed by atoms with E-state index in [1.54, 1.807) is 7.11 Å². The van der Waals surface area contributed by atoms with Crippen LogP contribution in [0.15, 0.2) is 59.8 Å². The van der Waals surface area contributed by atoms with Gasteiger partial charge in [0.1, 0.15) is 5.75 Å². The fourth-order valence-corrected chi connectivity index (χ4v) is 4.11. The third-order valence-corrected chi connectivity index (χ3v) is 6.05. The highest BCUT2D eigenvalue weighted by Crippen LogP contribution is 2.18. The van der Waals surface area contributed by atoms with Crippen molar-refractivity contribution < 1.29 is 14.3 Å². The minimum Gasteiger partial charge on any atom is -0.497 e. The quantitative estimate of drug-likeness (QED) is 0.421. The van der Waals surface area contributed by atoms with Crippen molar-refractivity contribution in [2.45, 2.75) is 44.6 Å². The number of carbonyl (C=O) groups is 2. The molecule has 0 fully saturated rings. The molecule has 3 aromatic rings. The largest absolute Gasteiger partial charge is 0.497 e. The fraction of sp³-hybridized carbons (Fsp3) is 0.333. The lowest BCUT2D eigenvalue weighted by atomic mass is 10.1. The molecule has 0 aliphatic heterocycles. The van der Waals surface area contributed by atoms with Gasteiger partial charge in [-0.1, -0.05) is 54.2 Å². The van der Waals surface area contributed by atoms with Crippen molar-refractivity contribution in [2.75, 3.05) is 12.9 Å². The molecule has 0 radical (unpaired) electrons. The zero-order valence-corrected chi connectivity index (χ0v) is 19.9. The number of aromatic nitrogens is 3. The van der Waals surface area contributed by atoms with Gasteiger partial charge >= 0.3 is 0 Å². The van der Waals surface area contributed by atoms with Gasteiger partial charge in [-0.2, -0.15) is 0 Å². The van der Waals surface area contributed by atoms with Gasteiger partial charge < -0.3 is 19.9 Å². The minimum absolute atomic E-state index is 0.0696. The highest BCUT2D eigenvalue weighted by atomic mass is 32.2. The van der Waals surface area contributed by atoms with Gasteiger partial charge in [0, 0.05) is 6.54 Å². The van der Waals surface area contributed by atoms with Crippen LogP contribution in [0.1, 0.15) is 36.8 Å². The molecule has 2 aromatic carbocycles. The van der Waals surface area contributed by atoms with E-state index in [-0.39, 0.29) is 36.6 Å². The number of hydrogen-bond donors (Lipinski definition) is 2. The van der Waals surface area contributed by atoms with Gasteiger partial charge in [0.05, 0.1) is 31.9 Å². The first-order chi connectivity index (χ1) is 16.0. The number of carbonyl (C=O) groups excluding carboxylic acids is 2. The van der Waals surface area contributed by atoms with Crippen LogP contribution in [-0.2, 0) is 29.1 Å². The average Bonchev–Trinajstić information content (AvgIpc) is 3.24. The van der Waals surface area contributed by atoms with Gasteiger partial charge in [-0.15, -0.1) is 10.2 Å². The molecule has 8 nitrogen and oxygen atoms in total. The van der Waals surface area contributed by atoms with Crippen molar-refractivity contribution in [2.24, 2.45) is 0 Å². The summed E-state index contributed by atoms with van der Waals surface area (Å²) in [6, 6.07) is 17.2. The van der Waals surface area contributed by atoms with Crippen LogP contribution in [0.4, 0.5) is 0 Å². The van der Waals surface area contributed by atoms with Crippen molar-refractivity contribution in [1.29, 1.82) is 0 Å². The van der Waals surface area contributed by atoms with Crippen LogP contribution in [0.25, 0.3) is 0 Å². The summed E-state index contributed by atoms with van der Waals surface area (Å²) < 4.78 is 7.04. The van der Waals surface area contributed by atoms with Crippen molar-refractivity contribution in [3.05, 3.63) is 71.5 Å². The maximum atomic E-state index is 12.4. The molecule has 3 rings (SSSR count). The molecule has 0 aliphatic rings. The van der Waals surface area contributed by atoms with Crippen LogP contribution in [0.5, 0.6) is 5.75 Å². The topological polar surface area (TPSA) is 98.1 Å². The number of nitrogens with one attached hydrogen (secondary N) is 2. The Kier molecular flexibility index (Phi) is 8.88. The molecule has 9 heteroatoms. The Bertz CT molecular complexity index is 1050. The van der Waals surface area contributed by atoms with E-state index in [2.05, 4.69) is 20.8 Å². The molecule has 1 heterocycles. The number of nitrogens with zero attached hydrogens (tertiary/aromatic N) is 3. The van der Waals surface area contributed by atoms with E-state index in [0.29, 0.717) is 17.5 Å². The number of methoxy groups -OCH3 is 1. The van der Waals surface area contributed by atoms with E-state index < -0.39 is 0 Å². The van der Waals surface area contributed by atoms with Crippen LogP contribution < -0.4 is 15.4 Å². The second-order valence-corrected chi connectivity index (χ2v) is 8.38. The predicted molar refractivity (Wildman–Crippen MR) is 128 cm³/mol. The Balaban J connectivity index is 1.49. The van der Waals surface area contributed by atoms with E-state index in [1.165, 1.54) is 11.8 Å². The third-order valence-electron chi connectivity index (χ3n) is 5.09. The van der Waals surface area contributed by atoms with Gasteiger partial charge in [-0.3, -0.25) is 9.59 Å². The molecule has 1 atom stereocenters. The highest BCUT2D eigenvalue weighted by Gasteiger charge is 2.15. The van der Waals surface area contributed by atoms with E-state index in [4.69, 9.17) is 4.74 Å². The molecule has 174 valence electrons. The molecule has 1 aromatic heterocycles. The van der Waals surface area contributed by atoms with Gasteiger partial charge in [0.15, 0.2) is 11.0 Å². The Morgan fingerprint density at radius 2 is 1.79 bits per heavy atom. The van der Waals surface area contributed by atoms with Crippen molar-refractivity contribution in [3.8, 4) is 5.75 Å². The van der Waals surface area contributed by atoms with Gasteiger partial charge in [-0.05, 0) is 37.1 Å². The summed E-state index contributed by atoms with van der Waals surface area (Å²) in [4.78, 5) is 24.7. The predicted octanol–water partition coefficient (Wildman–Crippen LogP) is 3.14. The second-order valence-electron chi connectivity index (χ2n) is 7.43. The maximum absolute atomic E-state index is 12.4. The van der Waals surface area contributed by atoms with Crippen molar-refractivity contribution in [1.82, 2.24) is 25.4 Å². The molecule has 0 spiro atoms. The molecule has 2 amide bonds. The summed E-state index contributed by atoms with van der Waals surface area (Å²) in [6.45, 7) is 4.85. The molecule has 0 bridgehead atoms. The highest BCUT2D eigenvalue weighted by molar-refractivity contribution is 7.99. The normalized spacial score (nSPS) is 11.6. The lowest BCUT2D eigenvalue weighted by Gasteiger charge is -2.14. The molecular weight excluding hydrogens is 438 g/mol. The average molecular weight is 468 g/mol. The standard InChI is InChI=1S/C24H29N5O3S/c1-4-29-21(15-25-22(30)14-18-10-12-20(32-3)13-11-18)27-28-24(29)33-16-23(31)26-17(2)19-8-6-5-7-9-19/h5-13,17H,4,14-16H2,1-3H3,(H,25,30)(H,26,31)/t17-/m1/s1. The van der Waals surface area contributed by atoms with Gasteiger partial charge in [-0.25, -0.2) is 0 Å². The monoisotopic (exact) mass is 467 g/mol. The second kappa shape index (κ2) is 12.1. The van der Waals surface area contributed by atoms with E-state index >= 15 is 0 Å². The first-order valence-corrected chi connectivity index (χ1v) is 11.8. The van der Waals surface area contributed by atoms with E-state index in [9.17, 15) is 9.59 Å². The van der Waals surface area contributed by atoms with Crippen LogP contribution in [0.2, 0.25) is 0 Å².